The van der Waals surface area contributed by atoms with Gasteiger partial charge in [-0.3, -0.25) is 14.4 Å². The Kier molecular flexibility index (Phi) is 6.23. The van der Waals surface area contributed by atoms with Crippen molar-refractivity contribution in [2.45, 2.75) is 6.42 Å². The van der Waals surface area contributed by atoms with Gasteiger partial charge in [0.25, 0.3) is 5.91 Å². The number of hydrogen-bond acceptors (Lipinski definition) is 5. The summed E-state index contributed by atoms with van der Waals surface area (Å²) < 4.78 is 0.995. The van der Waals surface area contributed by atoms with Crippen molar-refractivity contribution in [2.24, 2.45) is 5.73 Å². The zero-order chi connectivity index (χ0) is 22.5. The quantitative estimate of drug-likeness (QED) is 0.405. The lowest BCUT2D eigenvalue weighted by molar-refractivity contribution is -0.123. The number of nitrogens with one attached hydrogen (secondary N) is 2. The maximum absolute atomic E-state index is 12.3. The molecule has 4 rings (SSSR count). The van der Waals surface area contributed by atoms with E-state index in [-0.39, 0.29) is 24.4 Å². The van der Waals surface area contributed by atoms with Crippen LogP contribution in [0.25, 0.3) is 21.3 Å². The fourth-order valence-corrected chi connectivity index (χ4v) is 4.24. The number of anilines is 1. The molecule has 0 atom stereocenters. The van der Waals surface area contributed by atoms with E-state index in [2.05, 4.69) is 21.7 Å². The molecule has 4 aromatic rings. The number of para-hydroxylation sites is 1. The summed E-state index contributed by atoms with van der Waals surface area (Å²) in [5.41, 5.74) is 8.85. The van der Waals surface area contributed by atoms with Crippen molar-refractivity contribution in [1.29, 1.82) is 0 Å². The molecule has 8 heteroatoms. The molecular weight excluding hydrogens is 424 g/mol. The van der Waals surface area contributed by atoms with Crippen LogP contribution >= 0.6 is 11.3 Å². The molecule has 160 valence electrons. The second kappa shape index (κ2) is 9.40. The predicted octanol–water partition coefficient (Wildman–Crippen LogP) is 3.36. The van der Waals surface area contributed by atoms with E-state index in [9.17, 15) is 14.4 Å². The van der Waals surface area contributed by atoms with Gasteiger partial charge in [0.1, 0.15) is 5.01 Å². The standard InChI is InChI=1S/C24H20N4O3S/c25-24(31)17-8-4-5-9-18(17)27-22(30)14-26-21(29)13-23-28-19-11-10-16(12-20(19)32-23)15-6-2-1-3-7-15/h1-12H,13-14H2,(H2,25,31)(H,26,29)(H,27,30). The van der Waals surface area contributed by atoms with Crippen LogP contribution in [0.1, 0.15) is 15.4 Å². The molecule has 3 aromatic carbocycles. The van der Waals surface area contributed by atoms with E-state index in [1.54, 1.807) is 18.2 Å². The van der Waals surface area contributed by atoms with Crippen LogP contribution in [0.3, 0.4) is 0 Å². The average Bonchev–Trinajstić information content (AvgIpc) is 3.20. The average molecular weight is 445 g/mol. The predicted molar refractivity (Wildman–Crippen MR) is 125 cm³/mol. The largest absolute Gasteiger partial charge is 0.366 e. The summed E-state index contributed by atoms with van der Waals surface area (Å²) in [4.78, 5) is 40.4. The van der Waals surface area contributed by atoms with Crippen LogP contribution in [0.15, 0.2) is 72.8 Å². The monoisotopic (exact) mass is 444 g/mol. The molecule has 0 saturated heterocycles. The van der Waals surface area contributed by atoms with E-state index in [1.165, 1.54) is 17.4 Å². The number of hydrogen-bond donors (Lipinski definition) is 3. The number of rotatable bonds is 7. The molecule has 1 aromatic heterocycles. The Bertz CT molecular complexity index is 1300. The van der Waals surface area contributed by atoms with E-state index < -0.39 is 11.8 Å². The molecule has 0 fully saturated rings. The third kappa shape index (κ3) is 4.98. The number of aromatic nitrogens is 1. The highest BCUT2D eigenvalue weighted by atomic mass is 32.1. The van der Waals surface area contributed by atoms with Gasteiger partial charge in [-0.1, -0.05) is 48.5 Å². The van der Waals surface area contributed by atoms with E-state index in [0.717, 1.165) is 21.3 Å². The molecule has 0 aliphatic heterocycles. The summed E-state index contributed by atoms with van der Waals surface area (Å²) in [6, 6.07) is 22.5. The highest BCUT2D eigenvalue weighted by Crippen LogP contribution is 2.28. The summed E-state index contributed by atoms with van der Waals surface area (Å²) in [5, 5.41) is 5.84. The lowest BCUT2D eigenvalue weighted by atomic mass is 10.1. The molecule has 0 aliphatic rings. The van der Waals surface area contributed by atoms with Crippen LogP contribution in [-0.2, 0) is 16.0 Å². The van der Waals surface area contributed by atoms with Crippen molar-refractivity contribution in [3.05, 3.63) is 83.4 Å². The first-order valence-electron chi connectivity index (χ1n) is 9.90. The number of carbonyl (C=O) groups excluding carboxylic acids is 3. The minimum absolute atomic E-state index is 0.0746. The Labute approximate surface area is 188 Å². The number of primary amides is 1. The van der Waals surface area contributed by atoms with Gasteiger partial charge < -0.3 is 16.4 Å². The molecular formula is C24H20N4O3S. The van der Waals surface area contributed by atoms with E-state index in [4.69, 9.17) is 5.73 Å². The smallest absolute Gasteiger partial charge is 0.250 e. The maximum atomic E-state index is 12.3. The topological polar surface area (TPSA) is 114 Å². The maximum Gasteiger partial charge on any atom is 0.250 e. The Morgan fingerprint density at radius 3 is 2.41 bits per heavy atom. The van der Waals surface area contributed by atoms with Crippen LogP contribution in [-0.4, -0.2) is 29.3 Å². The van der Waals surface area contributed by atoms with Crippen molar-refractivity contribution >= 4 is 45.0 Å². The molecule has 0 aliphatic carbocycles. The number of thiazole rings is 1. The first kappa shape index (κ1) is 21.2. The molecule has 4 N–H and O–H groups in total. The van der Waals surface area contributed by atoms with Crippen molar-refractivity contribution in [1.82, 2.24) is 10.3 Å². The highest BCUT2D eigenvalue weighted by Gasteiger charge is 2.13. The van der Waals surface area contributed by atoms with Gasteiger partial charge in [-0.05, 0) is 35.4 Å². The fourth-order valence-electron chi connectivity index (χ4n) is 3.24. The fraction of sp³-hybridized carbons (Fsp3) is 0.0833. The summed E-state index contributed by atoms with van der Waals surface area (Å²) in [6.45, 7) is -0.227. The minimum atomic E-state index is -0.642. The van der Waals surface area contributed by atoms with Gasteiger partial charge in [0.15, 0.2) is 0 Å². The van der Waals surface area contributed by atoms with Gasteiger partial charge in [0.2, 0.25) is 11.8 Å². The van der Waals surface area contributed by atoms with Gasteiger partial charge in [-0.15, -0.1) is 11.3 Å². The number of carbonyl (C=O) groups is 3. The Morgan fingerprint density at radius 2 is 1.62 bits per heavy atom. The Hall–Kier alpha value is -4.04. The first-order valence-corrected chi connectivity index (χ1v) is 10.7. The van der Waals surface area contributed by atoms with Crippen molar-refractivity contribution in [3.63, 3.8) is 0 Å². The van der Waals surface area contributed by atoms with E-state index in [0.29, 0.717) is 10.7 Å². The SMILES string of the molecule is NC(=O)c1ccccc1NC(=O)CNC(=O)Cc1nc2ccc(-c3ccccc3)cc2s1. The number of nitrogens with two attached hydrogens (primary N) is 1. The first-order chi connectivity index (χ1) is 15.5. The van der Waals surface area contributed by atoms with Crippen LogP contribution in [0, 0.1) is 0 Å². The molecule has 32 heavy (non-hydrogen) atoms. The molecule has 0 saturated carbocycles. The zero-order valence-corrected chi connectivity index (χ0v) is 17.8. The molecule has 0 unspecified atom stereocenters. The van der Waals surface area contributed by atoms with Gasteiger partial charge in [0, 0.05) is 0 Å². The van der Waals surface area contributed by atoms with Crippen LogP contribution in [0.5, 0.6) is 0 Å². The van der Waals surface area contributed by atoms with Gasteiger partial charge >= 0.3 is 0 Å². The highest BCUT2D eigenvalue weighted by molar-refractivity contribution is 7.18. The minimum Gasteiger partial charge on any atom is -0.366 e. The molecule has 3 amide bonds. The van der Waals surface area contributed by atoms with Crippen molar-refractivity contribution in [2.75, 3.05) is 11.9 Å². The second-order valence-corrected chi connectivity index (χ2v) is 8.18. The lowest BCUT2D eigenvalue weighted by Gasteiger charge is -2.09. The summed E-state index contributed by atoms with van der Waals surface area (Å²) >= 11 is 1.45. The molecule has 0 radical (unpaired) electrons. The Balaban J connectivity index is 1.36. The van der Waals surface area contributed by atoms with Gasteiger partial charge in [-0.2, -0.15) is 0 Å². The zero-order valence-electron chi connectivity index (χ0n) is 17.0. The van der Waals surface area contributed by atoms with Crippen LogP contribution in [0.4, 0.5) is 5.69 Å². The number of benzene rings is 3. The normalized spacial score (nSPS) is 10.6. The molecule has 0 spiro atoms. The summed E-state index contributed by atoms with van der Waals surface area (Å²) in [7, 11) is 0. The molecule has 7 nitrogen and oxygen atoms in total. The van der Waals surface area contributed by atoms with Gasteiger partial charge in [-0.25, -0.2) is 4.98 Å². The van der Waals surface area contributed by atoms with E-state index in [1.807, 2.05) is 42.5 Å². The number of nitrogens with zero attached hydrogens (tertiary/aromatic N) is 1. The summed E-state index contributed by atoms with van der Waals surface area (Å²) in [5.74, 6) is -1.41. The number of amides is 3. The van der Waals surface area contributed by atoms with Crippen molar-refractivity contribution < 1.29 is 14.4 Å². The number of fused-ring (bicyclic) bond motifs is 1. The lowest BCUT2D eigenvalue weighted by Crippen LogP contribution is -2.34. The van der Waals surface area contributed by atoms with Crippen LogP contribution in [0.2, 0.25) is 0 Å². The summed E-state index contributed by atoms with van der Waals surface area (Å²) in [6.07, 6.45) is 0.0746. The second-order valence-electron chi connectivity index (χ2n) is 7.07. The van der Waals surface area contributed by atoms with Crippen LogP contribution < -0.4 is 16.4 Å². The molecule has 0 bridgehead atoms. The van der Waals surface area contributed by atoms with Gasteiger partial charge in [0.05, 0.1) is 34.4 Å². The van der Waals surface area contributed by atoms with Crippen molar-refractivity contribution in [3.8, 4) is 11.1 Å². The van der Waals surface area contributed by atoms with E-state index >= 15 is 0 Å². The third-order valence-corrected chi connectivity index (χ3v) is 5.78. The Morgan fingerprint density at radius 1 is 0.875 bits per heavy atom. The third-order valence-electron chi connectivity index (χ3n) is 4.76. The molecule has 1 heterocycles.